The SMILES string of the molecule is CC(CCCCCCc1ccc(-c2ccc(O)cc2)cc1)OCc1ccccc1. The lowest BCUT2D eigenvalue weighted by Crippen LogP contribution is -2.07. The molecule has 1 N–H and O–H groups in total. The maximum atomic E-state index is 9.40. The molecule has 3 aromatic rings. The molecule has 29 heavy (non-hydrogen) atoms. The Labute approximate surface area is 175 Å². The zero-order chi connectivity index (χ0) is 20.3. The van der Waals surface area contributed by atoms with Crippen LogP contribution >= 0.6 is 0 Å². The van der Waals surface area contributed by atoms with Crippen molar-refractivity contribution in [3.8, 4) is 16.9 Å². The highest BCUT2D eigenvalue weighted by Gasteiger charge is 2.03. The van der Waals surface area contributed by atoms with Gasteiger partial charge in [0.2, 0.25) is 0 Å². The molecular formula is C27H32O2. The number of phenols is 1. The van der Waals surface area contributed by atoms with Crippen molar-refractivity contribution in [1.29, 1.82) is 0 Å². The lowest BCUT2D eigenvalue weighted by atomic mass is 10.0. The molecule has 3 rings (SSSR count). The molecule has 0 aliphatic carbocycles. The Morgan fingerprint density at radius 2 is 1.31 bits per heavy atom. The third-order valence-electron chi connectivity index (χ3n) is 5.36. The van der Waals surface area contributed by atoms with Gasteiger partial charge in [-0.1, -0.05) is 86.0 Å². The van der Waals surface area contributed by atoms with E-state index in [0.29, 0.717) is 18.5 Å². The first-order valence-corrected chi connectivity index (χ1v) is 10.7. The molecule has 2 heteroatoms. The Morgan fingerprint density at radius 1 is 0.690 bits per heavy atom. The van der Waals surface area contributed by atoms with Gasteiger partial charge in [0.15, 0.2) is 0 Å². The number of rotatable bonds is 11. The molecule has 0 fully saturated rings. The number of hydrogen-bond donors (Lipinski definition) is 1. The molecule has 0 aromatic heterocycles. The average Bonchev–Trinajstić information content (AvgIpc) is 2.76. The highest BCUT2D eigenvalue weighted by Crippen LogP contribution is 2.22. The first-order chi connectivity index (χ1) is 14.2. The second-order valence-electron chi connectivity index (χ2n) is 7.80. The standard InChI is InChI=1S/C27H32O2/c1-22(29-21-24-11-7-4-8-12-24)9-5-2-3-6-10-23-13-15-25(16-14-23)26-17-19-27(28)20-18-26/h4,7-8,11-20,22,28H,2-3,5-6,9-10,21H2,1H3. The van der Waals surface area contributed by atoms with Crippen LogP contribution in [0.5, 0.6) is 5.75 Å². The number of aromatic hydroxyl groups is 1. The third kappa shape index (κ3) is 7.40. The minimum absolute atomic E-state index is 0.308. The first-order valence-electron chi connectivity index (χ1n) is 10.7. The molecule has 0 heterocycles. The van der Waals surface area contributed by atoms with Gasteiger partial charge >= 0.3 is 0 Å². The van der Waals surface area contributed by atoms with Gasteiger partial charge < -0.3 is 9.84 Å². The summed E-state index contributed by atoms with van der Waals surface area (Å²) in [5.41, 5.74) is 4.97. The molecule has 3 aromatic carbocycles. The summed E-state index contributed by atoms with van der Waals surface area (Å²) in [7, 11) is 0. The molecule has 0 aliphatic rings. The Hall–Kier alpha value is -2.58. The van der Waals surface area contributed by atoms with Gasteiger partial charge in [-0.2, -0.15) is 0 Å². The largest absolute Gasteiger partial charge is 0.508 e. The summed E-state index contributed by atoms with van der Waals surface area (Å²) >= 11 is 0. The van der Waals surface area contributed by atoms with E-state index in [1.165, 1.54) is 42.4 Å². The number of benzene rings is 3. The fourth-order valence-corrected chi connectivity index (χ4v) is 3.53. The van der Waals surface area contributed by atoms with Crippen molar-refractivity contribution >= 4 is 0 Å². The van der Waals surface area contributed by atoms with Gasteiger partial charge in [-0.25, -0.2) is 0 Å². The van der Waals surface area contributed by atoms with E-state index in [4.69, 9.17) is 4.74 Å². The number of ether oxygens (including phenoxy) is 1. The number of phenolic OH excluding ortho intramolecular Hbond substituents is 1. The minimum atomic E-state index is 0.308. The number of aryl methyl sites for hydroxylation is 1. The van der Waals surface area contributed by atoms with Crippen molar-refractivity contribution < 1.29 is 9.84 Å². The van der Waals surface area contributed by atoms with Crippen LogP contribution in [0.15, 0.2) is 78.9 Å². The molecule has 0 spiro atoms. The van der Waals surface area contributed by atoms with Crippen LogP contribution in [-0.2, 0) is 17.8 Å². The van der Waals surface area contributed by atoms with Crippen LogP contribution in [0.2, 0.25) is 0 Å². The van der Waals surface area contributed by atoms with Crippen molar-refractivity contribution in [3.63, 3.8) is 0 Å². The Balaban J connectivity index is 1.28. The van der Waals surface area contributed by atoms with Crippen LogP contribution < -0.4 is 0 Å². The molecule has 1 atom stereocenters. The summed E-state index contributed by atoms with van der Waals surface area (Å²) in [5, 5.41) is 9.40. The predicted octanol–water partition coefficient (Wildman–Crippen LogP) is 7.16. The second-order valence-corrected chi connectivity index (χ2v) is 7.80. The maximum absolute atomic E-state index is 9.40. The van der Waals surface area contributed by atoms with Crippen LogP contribution in [0.3, 0.4) is 0 Å². The highest BCUT2D eigenvalue weighted by molar-refractivity contribution is 5.64. The smallest absolute Gasteiger partial charge is 0.115 e. The van der Waals surface area contributed by atoms with Crippen molar-refractivity contribution in [2.45, 2.75) is 58.2 Å². The molecule has 0 aliphatic heterocycles. The first kappa shape index (κ1) is 21.1. The van der Waals surface area contributed by atoms with Crippen LogP contribution in [-0.4, -0.2) is 11.2 Å². The molecule has 0 bridgehead atoms. The van der Waals surface area contributed by atoms with Crippen LogP contribution in [0.1, 0.15) is 50.2 Å². The lowest BCUT2D eigenvalue weighted by Gasteiger charge is -2.13. The topological polar surface area (TPSA) is 29.5 Å². The molecule has 0 radical (unpaired) electrons. The average molecular weight is 389 g/mol. The Kier molecular flexibility index (Phi) is 8.33. The predicted molar refractivity (Wildman–Crippen MR) is 121 cm³/mol. The fraction of sp³-hybridized carbons (Fsp3) is 0.333. The monoisotopic (exact) mass is 388 g/mol. The van der Waals surface area contributed by atoms with E-state index in [-0.39, 0.29) is 0 Å². The van der Waals surface area contributed by atoms with Gasteiger partial charge in [0, 0.05) is 0 Å². The molecule has 2 nitrogen and oxygen atoms in total. The van der Waals surface area contributed by atoms with Crippen molar-refractivity contribution in [1.82, 2.24) is 0 Å². The molecule has 0 amide bonds. The van der Waals surface area contributed by atoms with Crippen molar-refractivity contribution in [3.05, 3.63) is 90.0 Å². The summed E-state index contributed by atoms with van der Waals surface area (Å²) in [6.07, 6.45) is 7.59. The number of hydrogen-bond acceptors (Lipinski definition) is 2. The van der Waals surface area contributed by atoms with Gasteiger partial charge in [-0.05, 0) is 60.6 Å². The molecule has 0 saturated heterocycles. The Bertz CT molecular complexity index is 823. The van der Waals surface area contributed by atoms with Crippen molar-refractivity contribution in [2.75, 3.05) is 0 Å². The molecule has 0 saturated carbocycles. The van der Waals surface area contributed by atoms with E-state index in [1.54, 1.807) is 12.1 Å². The highest BCUT2D eigenvalue weighted by atomic mass is 16.5. The quantitative estimate of drug-likeness (QED) is 0.353. The fourth-order valence-electron chi connectivity index (χ4n) is 3.53. The van der Waals surface area contributed by atoms with E-state index in [0.717, 1.165) is 18.4 Å². The van der Waals surface area contributed by atoms with Gasteiger partial charge in [0.05, 0.1) is 12.7 Å². The van der Waals surface area contributed by atoms with Gasteiger partial charge in [0.25, 0.3) is 0 Å². The van der Waals surface area contributed by atoms with E-state index in [2.05, 4.69) is 55.5 Å². The van der Waals surface area contributed by atoms with Gasteiger partial charge in [0.1, 0.15) is 5.75 Å². The maximum Gasteiger partial charge on any atom is 0.115 e. The van der Waals surface area contributed by atoms with Crippen LogP contribution in [0.25, 0.3) is 11.1 Å². The second kappa shape index (κ2) is 11.4. The zero-order valence-electron chi connectivity index (χ0n) is 17.4. The van der Waals surface area contributed by atoms with E-state index in [1.807, 2.05) is 18.2 Å². The molecular weight excluding hydrogens is 356 g/mol. The van der Waals surface area contributed by atoms with Crippen molar-refractivity contribution in [2.24, 2.45) is 0 Å². The summed E-state index contributed by atoms with van der Waals surface area (Å²) in [5.74, 6) is 0.308. The summed E-state index contributed by atoms with van der Waals surface area (Å²) in [6.45, 7) is 2.89. The summed E-state index contributed by atoms with van der Waals surface area (Å²) in [4.78, 5) is 0. The van der Waals surface area contributed by atoms with E-state index < -0.39 is 0 Å². The van der Waals surface area contributed by atoms with Crippen LogP contribution in [0, 0.1) is 0 Å². The minimum Gasteiger partial charge on any atom is -0.508 e. The summed E-state index contributed by atoms with van der Waals surface area (Å²) < 4.78 is 5.94. The molecule has 1 unspecified atom stereocenters. The molecule has 152 valence electrons. The van der Waals surface area contributed by atoms with Crippen LogP contribution in [0.4, 0.5) is 0 Å². The lowest BCUT2D eigenvalue weighted by molar-refractivity contribution is 0.0459. The Morgan fingerprint density at radius 3 is 2.00 bits per heavy atom. The van der Waals surface area contributed by atoms with E-state index in [9.17, 15) is 5.11 Å². The zero-order valence-corrected chi connectivity index (χ0v) is 17.4. The normalized spacial score (nSPS) is 12.0. The number of unbranched alkanes of at least 4 members (excludes halogenated alkanes) is 3. The van der Waals surface area contributed by atoms with Gasteiger partial charge in [-0.15, -0.1) is 0 Å². The summed E-state index contributed by atoms with van der Waals surface area (Å²) in [6, 6.07) is 26.6. The third-order valence-corrected chi connectivity index (χ3v) is 5.36. The van der Waals surface area contributed by atoms with Gasteiger partial charge in [-0.3, -0.25) is 0 Å². The van der Waals surface area contributed by atoms with E-state index >= 15 is 0 Å².